The molecule has 1 rings (SSSR count). The zero-order chi connectivity index (χ0) is 15.3. The van der Waals surface area contributed by atoms with E-state index < -0.39 is 10.0 Å². The summed E-state index contributed by atoms with van der Waals surface area (Å²) in [6.45, 7) is 5.94. The first kappa shape index (κ1) is 17.4. The highest BCUT2D eigenvalue weighted by Gasteiger charge is 2.19. The predicted molar refractivity (Wildman–Crippen MR) is 81.7 cm³/mol. The van der Waals surface area contributed by atoms with Crippen LogP contribution in [-0.2, 0) is 14.8 Å². The smallest absolute Gasteiger partial charge is 0.250 e. The van der Waals surface area contributed by atoms with Gasteiger partial charge in [0.25, 0.3) is 0 Å². The van der Waals surface area contributed by atoms with Gasteiger partial charge in [0, 0.05) is 26.1 Å². The monoisotopic (exact) mass is 338 g/mol. The Morgan fingerprint density at radius 2 is 2.15 bits per heavy atom. The van der Waals surface area contributed by atoms with E-state index in [2.05, 4.69) is 4.72 Å². The number of carbonyl (C=O) groups is 1. The van der Waals surface area contributed by atoms with Gasteiger partial charge in [0.05, 0.1) is 4.34 Å². The Bertz CT molecular complexity index is 557. The zero-order valence-corrected chi connectivity index (χ0v) is 14.1. The van der Waals surface area contributed by atoms with E-state index in [-0.39, 0.29) is 22.7 Å². The molecule has 8 heteroatoms. The lowest BCUT2D eigenvalue weighted by Gasteiger charge is -2.27. The Balaban J connectivity index is 2.60. The van der Waals surface area contributed by atoms with Gasteiger partial charge in [-0.2, -0.15) is 0 Å². The maximum atomic E-state index is 12.0. The number of nitrogens with zero attached hydrogens (tertiary/aromatic N) is 1. The van der Waals surface area contributed by atoms with Crippen molar-refractivity contribution in [2.45, 2.75) is 37.4 Å². The van der Waals surface area contributed by atoms with Crippen molar-refractivity contribution in [2.24, 2.45) is 0 Å². The van der Waals surface area contributed by atoms with Crippen LogP contribution in [0, 0.1) is 0 Å². The van der Waals surface area contributed by atoms with Gasteiger partial charge in [0.15, 0.2) is 0 Å². The molecule has 5 nitrogen and oxygen atoms in total. The van der Waals surface area contributed by atoms with E-state index in [1.165, 1.54) is 13.0 Å². The lowest BCUT2D eigenvalue weighted by Crippen LogP contribution is -2.42. The van der Waals surface area contributed by atoms with Crippen molar-refractivity contribution in [2.75, 3.05) is 13.1 Å². The van der Waals surface area contributed by atoms with E-state index in [9.17, 15) is 13.2 Å². The third-order valence-electron chi connectivity index (χ3n) is 2.99. The van der Waals surface area contributed by atoms with E-state index in [0.29, 0.717) is 10.9 Å². The van der Waals surface area contributed by atoms with Crippen LogP contribution in [0.2, 0.25) is 4.34 Å². The molecule has 0 fully saturated rings. The molecule has 20 heavy (non-hydrogen) atoms. The molecule has 1 unspecified atom stereocenters. The van der Waals surface area contributed by atoms with E-state index in [1.54, 1.807) is 11.0 Å². The largest absolute Gasteiger partial charge is 0.339 e. The molecule has 0 bridgehead atoms. The van der Waals surface area contributed by atoms with Crippen LogP contribution in [0.25, 0.3) is 0 Å². The number of sulfonamides is 1. The molecular formula is C12H19ClN2O3S2. The standard InChI is InChI=1S/C12H19ClN2O3S2/c1-4-9(2)15(10(3)16)8-7-14-20(17,18)12-6-5-11(13)19-12/h5-6,9,14H,4,7-8H2,1-3H3. The minimum absolute atomic E-state index is 0.0577. The molecule has 1 aromatic heterocycles. The lowest BCUT2D eigenvalue weighted by atomic mass is 10.2. The van der Waals surface area contributed by atoms with Gasteiger partial charge >= 0.3 is 0 Å². The van der Waals surface area contributed by atoms with Crippen molar-refractivity contribution in [1.29, 1.82) is 0 Å². The first-order valence-corrected chi connectivity index (χ1v) is 8.98. The van der Waals surface area contributed by atoms with E-state index >= 15 is 0 Å². The van der Waals surface area contributed by atoms with Crippen LogP contribution in [0.3, 0.4) is 0 Å². The molecule has 0 aromatic carbocycles. The van der Waals surface area contributed by atoms with Crippen molar-refractivity contribution in [3.63, 3.8) is 0 Å². The van der Waals surface area contributed by atoms with Crippen LogP contribution in [0.5, 0.6) is 0 Å². The van der Waals surface area contributed by atoms with Gasteiger partial charge in [-0.25, -0.2) is 13.1 Å². The van der Waals surface area contributed by atoms with Crippen LogP contribution in [-0.4, -0.2) is 38.4 Å². The molecule has 1 N–H and O–H groups in total. The molecule has 0 saturated carbocycles. The molecule has 1 heterocycles. The second-order valence-electron chi connectivity index (χ2n) is 4.43. The summed E-state index contributed by atoms with van der Waals surface area (Å²) < 4.78 is 27.0. The van der Waals surface area contributed by atoms with Crippen molar-refractivity contribution in [3.05, 3.63) is 16.5 Å². The molecule has 1 aromatic rings. The van der Waals surface area contributed by atoms with Crippen molar-refractivity contribution >= 4 is 38.9 Å². The molecular weight excluding hydrogens is 320 g/mol. The molecule has 0 spiro atoms. The Labute approximate surface area is 129 Å². The number of hydrogen-bond donors (Lipinski definition) is 1. The number of rotatable bonds is 7. The molecule has 0 aliphatic heterocycles. The average molecular weight is 339 g/mol. The third kappa shape index (κ3) is 4.73. The van der Waals surface area contributed by atoms with Gasteiger partial charge in [0.1, 0.15) is 4.21 Å². The second kappa shape index (κ2) is 7.40. The topological polar surface area (TPSA) is 66.5 Å². The maximum Gasteiger partial charge on any atom is 0.250 e. The summed E-state index contributed by atoms with van der Waals surface area (Å²) in [6.07, 6.45) is 0.826. The number of carbonyl (C=O) groups excluding carboxylic acids is 1. The molecule has 1 atom stereocenters. The van der Waals surface area contributed by atoms with E-state index in [1.807, 2.05) is 13.8 Å². The lowest BCUT2D eigenvalue weighted by molar-refractivity contribution is -0.130. The van der Waals surface area contributed by atoms with Gasteiger partial charge in [-0.1, -0.05) is 18.5 Å². The fraction of sp³-hybridized carbons (Fsp3) is 0.583. The average Bonchev–Trinajstić information content (AvgIpc) is 2.81. The number of hydrogen-bond acceptors (Lipinski definition) is 4. The zero-order valence-electron chi connectivity index (χ0n) is 11.7. The summed E-state index contributed by atoms with van der Waals surface area (Å²) in [5, 5.41) is 0. The molecule has 0 aliphatic rings. The van der Waals surface area contributed by atoms with Crippen LogP contribution >= 0.6 is 22.9 Å². The van der Waals surface area contributed by atoms with Gasteiger partial charge in [0.2, 0.25) is 15.9 Å². The second-order valence-corrected chi connectivity index (χ2v) is 8.13. The highest BCUT2D eigenvalue weighted by Crippen LogP contribution is 2.25. The number of nitrogens with one attached hydrogen (secondary N) is 1. The number of thiophene rings is 1. The summed E-state index contributed by atoms with van der Waals surface area (Å²) in [5.74, 6) is -0.0577. The number of halogens is 1. The summed E-state index contributed by atoms with van der Waals surface area (Å²) in [4.78, 5) is 13.2. The Kier molecular flexibility index (Phi) is 6.44. The first-order valence-electron chi connectivity index (χ1n) is 6.30. The predicted octanol–water partition coefficient (Wildman–Crippen LogP) is 2.33. The van der Waals surface area contributed by atoms with Gasteiger partial charge in [-0.3, -0.25) is 4.79 Å². The molecule has 114 valence electrons. The summed E-state index contributed by atoms with van der Waals surface area (Å²) >= 11 is 6.73. The Hall–Kier alpha value is -0.630. The van der Waals surface area contributed by atoms with Gasteiger partial charge < -0.3 is 4.90 Å². The molecule has 1 amide bonds. The van der Waals surface area contributed by atoms with Gasteiger partial charge in [-0.15, -0.1) is 11.3 Å². The van der Waals surface area contributed by atoms with Crippen molar-refractivity contribution < 1.29 is 13.2 Å². The first-order chi connectivity index (χ1) is 9.27. The fourth-order valence-electron chi connectivity index (χ4n) is 1.72. The van der Waals surface area contributed by atoms with Crippen molar-refractivity contribution in [1.82, 2.24) is 9.62 Å². The van der Waals surface area contributed by atoms with Crippen molar-refractivity contribution in [3.8, 4) is 0 Å². The van der Waals surface area contributed by atoms with Gasteiger partial charge in [-0.05, 0) is 25.5 Å². The highest BCUT2D eigenvalue weighted by molar-refractivity contribution is 7.91. The third-order valence-corrected chi connectivity index (χ3v) is 6.17. The summed E-state index contributed by atoms with van der Waals surface area (Å²) in [5.41, 5.74) is 0. The van der Waals surface area contributed by atoms with E-state index in [4.69, 9.17) is 11.6 Å². The van der Waals surface area contributed by atoms with E-state index in [0.717, 1.165) is 17.8 Å². The number of amides is 1. The molecule has 0 radical (unpaired) electrons. The maximum absolute atomic E-state index is 12.0. The van der Waals surface area contributed by atoms with Crippen LogP contribution in [0.1, 0.15) is 27.2 Å². The summed E-state index contributed by atoms with van der Waals surface area (Å²) in [6, 6.07) is 3.10. The quantitative estimate of drug-likeness (QED) is 0.829. The normalized spacial score (nSPS) is 13.2. The Morgan fingerprint density at radius 1 is 1.50 bits per heavy atom. The van der Waals surface area contributed by atoms with Crippen LogP contribution in [0.15, 0.2) is 16.3 Å². The molecule has 0 aliphatic carbocycles. The van der Waals surface area contributed by atoms with Crippen LogP contribution in [0.4, 0.5) is 0 Å². The van der Waals surface area contributed by atoms with Crippen LogP contribution < -0.4 is 4.72 Å². The fourth-order valence-corrected chi connectivity index (χ4v) is 4.27. The highest BCUT2D eigenvalue weighted by atomic mass is 35.5. The summed E-state index contributed by atoms with van der Waals surface area (Å²) in [7, 11) is -3.55. The minimum atomic E-state index is -3.55. The molecule has 0 saturated heterocycles. The minimum Gasteiger partial charge on any atom is -0.339 e. The Morgan fingerprint density at radius 3 is 2.60 bits per heavy atom. The SMILES string of the molecule is CCC(C)N(CCNS(=O)(=O)c1ccc(Cl)s1)C(C)=O.